The van der Waals surface area contributed by atoms with E-state index in [4.69, 9.17) is 5.73 Å². The maximum Gasteiger partial charge on any atom is 0.248 e. The molecule has 0 atom stereocenters. The van der Waals surface area contributed by atoms with Gasteiger partial charge in [-0.25, -0.2) is 0 Å². The molecular formula is C27H35N3O2S. The van der Waals surface area contributed by atoms with Crippen LogP contribution in [0.5, 0.6) is 0 Å². The third kappa shape index (κ3) is 9.28. The number of carbonyl (C=O) groups is 2. The van der Waals surface area contributed by atoms with Gasteiger partial charge in [-0.3, -0.25) is 14.3 Å². The molecule has 3 rings (SSSR count). The lowest BCUT2D eigenvalue weighted by molar-refractivity contribution is -0.116. The molecule has 0 saturated carbocycles. The second kappa shape index (κ2) is 12.4. The van der Waals surface area contributed by atoms with Crippen LogP contribution in [0.2, 0.25) is 0 Å². The van der Waals surface area contributed by atoms with Crippen molar-refractivity contribution in [2.24, 2.45) is 11.7 Å². The Balaban J connectivity index is 0.000000357. The molecule has 5 nitrogen and oxygen atoms in total. The van der Waals surface area contributed by atoms with Crippen molar-refractivity contribution < 1.29 is 9.59 Å². The number of primary amides is 1. The summed E-state index contributed by atoms with van der Waals surface area (Å²) in [5, 5.41) is 5.30. The van der Waals surface area contributed by atoms with Crippen LogP contribution >= 0.6 is 11.9 Å². The third-order valence-corrected chi connectivity index (χ3v) is 5.92. The highest BCUT2D eigenvalue weighted by atomic mass is 32.2. The van der Waals surface area contributed by atoms with E-state index in [2.05, 4.69) is 62.9 Å². The van der Waals surface area contributed by atoms with Crippen molar-refractivity contribution in [1.29, 1.82) is 0 Å². The monoisotopic (exact) mass is 465 g/mol. The Bertz CT molecular complexity index is 1060. The minimum atomic E-state index is -0.379. The third-order valence-electron chi connectivity index (χ3n) is 4.63. The van der Waals surface area contributed by atoms with Crippen LogP contribution in [0.25, 0.3) is 10.8 Å². The van der Waals surface area contributed by atoms with Gasteiger partial charge in [0.15, 0.2) is 0 Å². The summed E-state index contributed by atoms with van der Waals surface area (Å²) in [4.78, 5) is 23.8. The summed E-state index contributed by atoms with van der Waals surface area (Å²) >= 11 is 1.64. The average molecular weight is 466 g/mol. The lowest BCUT2D eigenvalue weighted by atomic mass is 10.1. The molecule has 0 aromatic heterocycles. The van der Waals surface area contributed by atoms with Crippen LogP contribution in [0, 0.1) is 5.92 Å². The van der Waals surface area contributed by atoms with E-state index in [-0.39, 0.29) is 17.4 Å². The summed E-state index contributed by atoms with van der Waals surface area (Å²) in [6.07, 6.45) is 1.47. The summed E-state index contributed by atoms with van der Waals surface area (Å²) in [5.41, 5.74) is 6.45. The predicted molar refractivity (Wildman–Crippen MR) is 140 cm³/mol. The lowest BCUT2D eigenvalue weighted by Gasteiger charge is -2.20. The Hall–Kier alpha value is -2.83. The van der Waals surface area contributed by atoms with E-state index in [0.717, 1.165) is 22.9 Å². The first kappa shape index (κ1) is 26.4. The van der Waals surface area contributed by atoms with Crippen LogP contribution in [0.15, 0.2) is 71.6 Å². The summed E-state index contributed by atoms with van der Waals surface area (Å²) in [5.74, 6) is 0.243. The number of amides is 2. The fourth-order valence-corrected chi connectivity index (χ4v) is 3.77. The van der Waals surface area contributed by atoms with E-state index >= 15 is 0 Å². The van der Waals surface area contributed by atoms with Gasteiger partial charge in [-0.15, -0.1) is 0 Å². The first-order valence-electron chi connectivity index (χ1n) is 11.2. The number of rotatable bonds is 7. The average Bonchev–Trinajstić information content (AvgIpc) is 2.77. The number of benzene rings is 3. The molecule has 3 aromatic carbocycles. The molecule has 4 N–H and O–H groups in total. The van der Waals surface area contributed by atoms with Crippen molar-refractivity contribution in [1.82, 2.24) is 4.72 Å². The van der Waals surface area contributed by atoms with Gasteiger partial charge in [0.2, 0.25) is 11.8 Å². The van der Waals surface area contributed by atoms with Gasteiger partial charge in [-0.2, -0.15) is 0 Å². The van der Waals surface area contributed by atoms with Crippen molar-refractivity contribution in [2.45, 2.75) is 57.9 Å². The first-order chi connectivity index (χ1) is 15.6. The van der Waals surface area contributed by atoms with Crippen LogP contribution in [-0.2, 0) is 4.79 Å². The number of carbonyl (C=O) groups excluding carboxylic acids is 2. The topological polar surface area (TPSA) is 84.2 Å². The molecule has 0 aliphatic heterocycles. The van der Waals surface area contributed by atoms with Gasteiger partial charge in [0, 0.05) is 33.5 Å². The Morgan fingerprint density at radius 1 is 0.909 bits per heavy atom. The quantitative estimate of drug-likeness (QED) is 0.353. The normalized spacial score (nSPS) is 11.1. The van der Waals surface area contributed by atoms with Crippen LogP contribution in [0.3, 0.4) is 0 Å². The minimum absolute atomic E-state index is 0.0372. The minimum Gasteiger partial charge on any atom is -0.366 e. The van der Waals surface area contributed by atoms with Gasteiger partial charge in [-0.1, -0.05) is 56.3 Å². The fraction of sp³-hybridized carbons (Fsp3) is 0.333. The van der Waals surface area contributed by atoms with Crippen LogP contribution < -0.4 is 15.8 Å². The first-order valence-corrected chi connectivity index (χ1v) is 12.0. The number of hydrogen-bond acceptors (Lipinski definition) is 4. The van der Waals surface area contributed by atoms with Crippen molar-refractivity contribution in [3.63, 3.8) is 0 Å². The summed E-state index contributed by atoms with van der Waals surface area (Å²) in [6.45, 7) is 10.7. The van der Waals surface area contributed by atoms with Gasteiger partial charge in [-0.05, 0) is 74.7 Å². The van der Waals surface area contributed by atoms with Gasteiger partial charge < -0.3 is 11.1 Å². The number of fused-ring (bicyclic) bond motifs is 1. The van der Waals surface area contributed by atoms with Crippen LogP contribution in [0.1, 0.15) is 57.8 Å². The molecule has 0 radical (unpaired) electrons. The highest BCUT2D eigenvalue weighted by Crippen LogP contribution is 2.31. The number of anilines is 1. The van der Waals surface area contributed by atoms with E-state index in [1.54, 1.807) is 36.2 Å². The smallest absolute Gasteiger partial charge is 0.248 e. The zero-order valence-electron chi connectivity index (χ0n) is 20.1. The van der Waals surface area contributed by atoms with Crippen molar-refractivity contribution in [3.8, 4) is 0 Å². The molecule has 0 heterocycles. The van der Waals surface area contributed by atoms with Crippen molar-refractivity contribution >= 4 is 40.2 Å². The van der Waals surface area contributed by atoms with Crippen molar-refractivity contribution in [3.05, 3.63) is 72.3 Å². The Kier molecular flexibility index (Phi) is 9.95. The molecule has 0 unspecified atom stereocenters. The zero-order chi connectivity index (χ0) is 24.4. The Labute approximate surface area is 201 Å². The second-order valence-electron chi connectivity index (χ2n) is 9.32. The standard InChI is InChI=1S/C20H28N2OS.C7H7NO/c1-14(2)12-13-19(23)21-17-10-6-9-16-15(17)8-7-11-18(16)24-22-20(3,4)5;8-7(9)6-4-2-1-3-5-6/h6-11,14,22H,12-13H2,1-5H3,(H,21,23);1-5H,(H2,8,9). The summed E-state index contributed by atoms with van der Waals surface area (Å²) in [7, 11) is 0. The Morgan fingerprint density at radius 2 is 1.55 bits per heavy atom. The van der Waals surface area contributed by atoms with Gasteiger partial charge >= 0.3 is 0 Å². The van der Waals surface area contributed by atoms with E-state index in [1.807, 2.05) is 24.3 Å². The molecular weight excluding hydrogens is 430 g/mol. The lowest BCUT2D eigenvalue weighted by Crippen LogP contribution is -2.29. The fourth-order valence-electron chi connectivity index (χ4n) is 2.92. The molecule has 3 aromatic rings. The van der Waals surface area contributed by atoms with E-state index < -0.39 is 0 Å². The van der Waals surface area contributed by atoms with Gasteiger partial charge in [0.1, 0.15) is 0 Å². The molecule has 0 bridgehead atoms. The zero-order valence-corrected chi connectivity index (χ0v) is 21.0. The number of hydrogen-bond donors (Lipinski definition) is 3. The number of nitrogens with two attached hydrogens (primary N) is 1. The SMILES string of the molecule is CC(C)CCC(=O)Nc1cccc2c(SNC(C)(C)C)cccc12.NC(=O)c1ccccc1. The molecule has 0 aliphatic rings. The number of nitrogens with one attached hydrogen (secondary N) is 2. The van der Waals surface area contributed by atoms with Gasteiger partial charge in [0.25, 0.3) is 0 Å². The largest absolute Gasteiger partial charge is 0.366 e. The molecule has 33 heavy (non-hydrogen) atoms. The van der Waals surface area contributed by atoms with Crippen LogP contribution in [-0.4, -0.2) is 17.4 Å². The maximum atomic E-state index is 12.2. The molecule has 176 valence electrons. The maximum absolute atomic E-state index is 12.2. The van der Waals surface area contributed by atoms with Crippen molar-refractivity contribution in [2.75, 3.05) is 5.32 Å². The molecule has 6 heteroatoms. The molecule has 0 spiro atoms. The molecule has 2 amide bonds. The van der Waals surface area contributed by atoms with Crippen LogP contribution in [0.4, 0.5) is 5.69 Å². The van der Waals surface area contributed by atoms with E-state index in [1.165, 1.54) is 4.90 Å². The molecule has 0 aliphatic carbocycles. The van der Waals surface area contributed by atoms with E-state index in [0.29, 0.717) is 17.9 Å². The highest BCUT2D eigenvalue weighted by Gasteiger charge is 2.12. The summed E-state index contributed by atoms with van der Waals surface area (Å²) in [6, 6.07) is 21.1. The summed E-state index contributed by atoms with van der Waals surface area (Å²) < 4.78 is 3.45. The predicted octanol–water partition coefficient (Wildman–Crippen LogP) is 6.40. The Morgan fingerprint density at radius 3 is 2.12 bits per heavy atom. The van der Waals surface area contributed by atoms with E-state index in [9.17, 15) is 9.59 Å². The molecule has 0 saturated heterocycles. The molecule has 0 fully saturated rings. The second-order valence-corrected chi connectivity index (χ2v) is 10.2. The van der Waals surface area contributed by atoms with Gasteiger partial charge in [0.05, 0.1) is 0 Å². The highest BCUT2D eigenvalue weighted by molar-refractivity contribution is 7.97.